The Morgan fingerprint density at radius 2 is 1.85 bits per heavy atom. The van der Waals surface area contributed by atoms with Crippen molar-refractivity contribution in [1.82, 2.24) is 9.55 Å². The lowest BCUT2D eigenvalue weighted by Gasteiger charge is -2.18. The minimum Gasteiger partial charge on any atom is -0.491 e. The molecule has 1 aromatic heterocycles. The van der Waals surface area contributed by atoms with Crippen molar-refractivity contribution >= 4 is 34.2 Å². The van der Waals surface area contributed by atoms with E-state index in [1.165, 1.54) is 5.56 Å². The Hall–Kier alpha value is -3.31. The van der Waals surface area contributed by atoms with Gasteiger partial charge in [-0.2, -0.15) is 0 Å². The first-order valence-electron chi connectivity index (χ1n) is 11.2. The summed E-state index contributed by atoms with van der Waals surface area (Å²) in [6.07, 6.45) is 0.434. The number of anilines is 1. The highest BCUT2D eigenvalue weighted by atomic mass is 35.5. The first-order chi connectivity index (χ1) is 16.0. The molecule has 0 aliphatic carbocycles. The van der Waals surface area contributed by atoms with Gasteiger partial charge in [0.15, 0.2) is 0 Å². The Morgan fingerprint density at radius 1 is 1.06 bits per heavy atom. The molecule has 1 unspecified atom stereocenters. The highest BCUT2D eigenvalue weighted by molar-refractivity contribution is 6.30. The van der Waals surface area contributed by atoms with Crippen molar-refractivity contribution in [3.8, 4) is 5.75 Å². The van der Waals surface area contributed by atoms with E-state index < -0.39 is 0 Å². The van der Waals surface area contributed by atoms with Gasteiger partial charge in [-0.15, -0.1) is 0 Å². The van der Waals surface area contributed by atoms with Crippen LogP contribution >= 0.6 is 11.6 Å². The molecule has 33 heavy (non-hydrogen) atoms. The molecule has 0 saturated carbocycles. The summed E-state index contributed by atoms with van der Waals surface area (Å²) in [5.74, 6) is 1.95. The number of carbonyl (C=O) groups is 1. The van der Waals surface area contributed by atoms with Gasteiger partial charge in [0.1, 0.15) is 18.2 Å². The summed E-state index contributed by atoms with van der Waals surface area (Å²) in [5, 5.41) is 0.660. The fourth-order valence-corrected chi connectivity index (χ4v) is 4.73. The van der Waals surface area contributed by atoms with Crippen molar-refractivity contribution in [2.24, 2.45) is 0 Å². The predicted octanol–water partition coefficient (Wildman–Crippen LogP) is 5.91. The summed E-state index contributed by atoms with van der Waals surface area (Å²) in [4.78, 5) is 19.6. The van der Waals surface area contributed by atoms with E-state index in [0.717, 1.165) is 33.9 Å². The molecule has 0 bridgehead atoms. The van der Waals surface area contributed by atoms with E-state index in [0.29, 0.717) is 31.1 Å². The lowest BCUT2D eigenvalue weighted by atomic mass is 10.1. The zero-order chi connectivity index (χ0) is 22.9. The maximum Gasteiger partial charge on any atom is 0.227 e. The lowest BCUT2D eigenvalue weighted by Crippen LogP contribution is -2.24. The molecule has 1 amide bonds. The average Bonchev–Trinajstić information content (AvgIpc) is 3.36. The fourth-order valence-electron chi connectivity index (χ4n) is 4.60. The fraction of sp³-hybridized carbons (Fsp3) is 0.259. The van der Waals surface area contributed by atoms with Gasteiger partial charge in [0, 0.05) is 29.6 Å². The summed E-state index contributed by atoms with van der Waals surface area (Å²) in [6, 6.07) is 21.8. The number of rotatable bonds is 6. The van der Waals surface area contributed by atoms with Crippen LogP contribution in [0.15, 0.2) is 66.7 Å². The van der Waals surface area contributed by atoms with Gasteiger partial charge in [-0.3, -0.25) is 4.79 Å². The molecule has 1 atom stereocenters. The molecule has 1 aliphatic rings. The van der Waals surface area contributed by atoms with Crippen molar-refractivity contribution in [3.63, 3.8) is 0 Å². The molecule has 5 rings (SSSR count). The monoisotopic (exact) mass is 459 g/mol. The normalized spacial score (nSPS) is 16.0. The highest BCUT2D eigenvalue weighted by Gasteiger charge is 2.34. The van der Waals surface area contributed by atoms with E-state index in [2.05, 4.69) is 36.6 Å². The van der Waals surface area contributed by atoms with E-state index in [-0.39, 0.29) is 11.8 Å². The minimum atomic E-state index is 0.0155. The predicted molar refractivity (Wildman–Crippen MR) is 132 cm³/mol. The van der Waals surface area contributed by atoms with Gasteiger partial charge < -0.3 is 14.2 Å². The number of nitrogens with zero attached hydrogens (tertiary/aromatic N) is 3. The summed E-state index contributed by atoms with van der Waals surface area (Å²) in [5.41, 5.74) is 5.22. The number of hydrogen-bond acceptors (Lipinski definition) is 3. The molecule has 4 aromatic rings. The molecule has 1 saturated heterocycles. The molecule has 2 heterocycles. The summed E-state index contributed by atoms with van der Waals surface area (Å²) in [6.45, 7) is 5.93. The zero-order valence-corrected chi connectivity index (χ0v) is 19.5. The number of halogens is 1. The summed E-state index contributed by atoms with van der Waals surface area (Å²) in [7, 11) is 0. The van der Waals surface area contributed by atoms with Crippen LogP contribution in [0.5, 0.6) is 5.75 Å². The zero-order valence-electron chi connectivity index (χ0n) is 18.8. The van der Waals surface area contributed by atoms with E-state index in [1.54, 1.807) is 0 Å². The van der Waals surface area contributed by atoms with Gasteiger partial charge >= 0.3 is 0 Å². The van der Waals surface area contributed by atoms with Gasteiger partial charge in [0.05, 0.1) is 17.6 Å². The maximum absolute atomic E-state index is 12.9. The van der Waals surface area contributed by atoms with Crippen LogP contribution < -0.4 is 9.64 Å². The van der Waals surface area contributed by atoms with Crippen LogP contribution in [0.1, 0.15) is 29.3 Å². The molecule has 3 aromatic carbocycles. The Bertz CT molecular complexity index is 1310. The van der Waals surface area contributed by atoms with Crippen LogP contribution in [-0.2, 0) is 11.3 Å². The first-order valence-corrected chi connectivity index (χ1v) is 11.6. The number of para-hydroxylation sites is 2. The van der Waals surface area contributed by atoms with Crippen LogP contribution in [-0.4, -0.2) is 28.6 Å². The Balaban J connectivity index is 1.40. The quantitative estimate of drug-likeness (QED) is 0.360. The summed E-state index contributed by atoms with van der Waals surface area (Å²) >= 11 is 6.03. The molecule has 1 aliphatic heterocycles. The maximum atomic E-state index is 12.9. The van der Waals surface area contributed by atoms with Gasteiger partial charge in [0.25, 0.3) is 0 Å². The smallest absolute Gasteiger partial charge is 0.227 e. The lowest BCUT2D eigenvalue weighted by molar-refractivity contribution is -0.117. The number of fused-ring (bicyclic) bond motifs is 1. The van der Waals surface area contributed by atoms with Gasteiger partial charge in [0.2, 0.25) is 5.91 Å². The summed E-state index contributed by atoms with van der Waals surface area (Å²) < 4.78 is 8.33. The standard InChI is InChI=1S/C27H26ClN3O2/c1-18-7-12-25(19(2)15-18)33-14-13-30-24-6-4-3-5-23(24)29-27(30)20-16-26(32)31(17-20)22-10-8-21(28)9-11-22/h3-12,15,20H,13-14,16-17H2,1-2H3. The van der Waals surface area contributed by atoms with Gasteiger partial charge in [-0.05, 0) is 61.9 Å². The molecule has 5 nitrogen and oxygen atoms in total. The first kappa shape index (κ1) is 21.5. The van der Waals surface area contributed by atoms with E-state index in [4.69, 9.17) is 21.3 Å². The second-order valence-electron chi connectivity index (χ2n) is 8.61. The van der Waals surface area contributed by atoms with Crippen LogP contribution in [0.25, 0.3) is 11.0 Å². The van der Waals surface area contributed by atoms with E-state index in [9.17, 15) is 4.79 Å². The molecule has 168 valence electrons. The molecule has 0 N–H and O–H groups in total. The van der Waals surface area contributed by atoms with Crippen molar-refractivity contribution in [2.45, 2.75) is 32.7 Å². The third-order valence-electron chi connectivity index (χ3n) is 6.22. The van der Waals surface area contributed by atoms with E-state index >= 15 is 0 Å². The largest absolute Gasteiger partial charge is 0.491 e. The molecule has 6 heteroatoms. The number of aryl methyl sites for hydroxylation is 2. The van der Waals surface area contributed by atoms with Gasteiger partial charge in [-0.25, -0.2) is 4.98 Å². The SMILES string of the molecule is Cc1ccc(OCCn2c(C3CC(=O)N(c4ccc(Cl)cc4)C3)nc3ccccc32)c(C)c1. The van der Waals surface area contributed by atoms with Crippen LogP contribution in [0.4, 0.5) is 5.69 Å². The van der Waals surface area contributed by atoms with Crippen LogP contribution in [0.3, 0.4) is 0 Å². The number of amides is 1. The average molecular weight is 460 g/mol. The second kappa shape index (κ2) is 8.91. The number of aromatic nitrogens is 2. The van der Waals surface area contributed by atoms with Gasteiger partial charge in [-0.1, -0.05) is 41.4 Å². The van der Waals surface area contributed by atoms with Crippen molar-refractivity contribution in [1.29, 1.82) is 0 Å². The van der Waals surface area contributed by atoms with Crippen molar-refractivity contribution in [2.75, 3.05) is 18.1 Å². The van der Waals surface area contributed by atoms with Crippen LogP contribution in [0, 0.1) is 13.8 Å². The molecule has 0 radical (unpaired) electrons. The third-order valence-corrected chi connectivity index (χ3v) is 6.47. The Kier molecular flexibility index (Phi) is 5.81. The molecular weight excluding hydrogens is 434 g/mol. The van der Waals surface area contributed by atoms with Crippen molar-refractivity contribution < 1.29 is 9.53 Å². The molecule has 1 fully saturated rings. The molecule has 0 spiro atoms. The highest BCUT2D eigenvalue weighted by Crippen LogP contribution is 2.33. The second-order valence-corrected chi connectivity index (χ2v) is 9.05. The van der Waals surface area contributed by atoms with Crippen molar-refractivity contribution in [3.05, 3.63) is 88.7 Å². The van der Waals surface area contributed by atoms with E-state index in [1.807, 2.05) is 53.4 Å². The number of imidazole rings is 1. The Morgan fingerprint density at radius 3 is 2.64 bits per heavy atom. The minimum absolute atomic E-state index is 0.0155. The number of ether oxygens (including phenoxy) is 1. The molecular formula is C27H26ClN3O2. The number of hydrogen-bond donors (Lipinski definition) is 0. The Labute approximate surface area is 198 Å². The number of carbonyl (C=O) groups excluding carboxylic acids is 1. The topological polar surface area (TPSA) is 47.4 Å². The van der Waals surface area contributed by atoms with Crippen LogP contribution in [0.2, 0.25) is 5.02 Å². The number of benzene rings is 3. The third kappa shape index (κ3) is 4.33.